The second-order valence-corrected chi connectivity index (χ2v) is 5.24. The number of carbonyl (C=O) groups excluding carboxylic acids is 2. The molecule has 116 valence electrons. The van der Waals surface area contributed by atoms with E-state index in [-0.39, 0.29) is 11.3 Å². The molecule has 0 fully saturated rings. The Labute approximate surface area is 134 Å². The molecule has 7 heteroatoms. The highest BCUT2D eigenvalue weighted by molar-refractivity contribution is 6.48. The monoisotopic (exact) mass is 334 g/mol. The number of aromatic amines is 1. The third kappa shape index (κ3) is 2.93. The van der Waals surface area contributed by atoms with Gasteiger partial charge >= 0.3 is 0 Å². The summed E-state index contributed by atoms with van der Waals surface area (Å²) in [5, 5.41) is 3.27. The van der Waals surface area contributed by atoms with E-state index in [1.54, 1.807) is 18.2 Å². The van der Waals surface area contributed by atoms with E-state index in [1.807, 2.05) is 0 Å². The molecule has 1 amide bonds. The quantitative estimate of drug-likeness (QED) is 0.563. The summed E-state index contributed by atoms with van der Waals surface area (Å²) >= 11 is 5.85. The van der Waals surface area contributed by atoms with Crippen molar-refractivity contribution in [1.82, 2.24) is 4.98 Å². The summed E-state index contributed by atoms with van der Waals surface area (Å²) in [5.41, 5.74) is 0.767. The molecule has 0 saturated heterocycles. The highest BCUT2D eigenvalue weighted by Gasteiger charge is 2.20. The largest absolute Gasteiger partial charge is 0.360 e. The van der Waals surface area contributed by atoms with Gasteiger partial charge in [0.15, 0.2) is 11.6 Å². The molecule has 1 aromatic heterocycles. The standard InChI is InChI=1S/C16H9ClF2N2O2/c17-8-1-3-10-11(7-20-14(10)5-8)15(22)16(23)21-9-2-4-12(18)13(19)6-9/h1-7,20H,(H,21,23). The van der Waals surface area contributed by atoms with E-state index in [4.69, 9.17) is 11.6 Å². The first kappa shape index (κ1) is 15.2. The zero-order valence-electron chi connectivity index (χ0n) is 11.5. The zero-order valence-corrected chi connectivity index (χ0v) is 12.2. The number of carbonyl (C=O) groups is 2. The Kier molecular flexibility index (Phi) is 3.83. The van der Waals surface area contributed by atoms with Gasteiger partial charge in [0.05, 0.1) is 5.56 Å². The topological polar surface area (TPSA) is 62.0 Å². The van der Waals surface area contributed by atoms with Gasteiger partial charge in [-0.2, -0.15) is 0 Å². The van der Waals surface area contributed by atoms with E-state index in [9.17, 15) is 18.4 Å². The summed E-state index contributed by atoms with van der Waals surface area (Å²) < 4.78 is 26.0. The lowest BCUT2D eigenvalue weighted by Crippen LogP contribution is -2.22. The number of nitrogens with one attached hydrogen (secondary N) is 2. The minimum absolute atomic E-state index is 0.00913. The van der Waals surface area contributed by atoms with Crippen molar-refractivity contribution in [2.75, 3.05) is 5.32 Å². The molecule has 0 bridgehead atoms. The second-order valence-electron chi connectivity index (χ2n) is 4.80. The van der Waals surface area contributed by atoms with Crippen LogP contribution >= 0.6 is 11.6 Å². The van der Waals surface area contributed by atoms with E-state index in [2.05, 4.69) is 10.3 Å². The van der Waals surface area contributed by atoms with Crippen molar-refractivity contribution >= 4 is 39.9 Å². The molecule has 0 aliphatic carbocycles. The highest BCUT2D eigenvalue weighted by Crippen LogP contribution is 2.23. The van der Waals surface area contributed by atoms with Crippen LogP contribution in [0.2, 0.25) is 5.02 Å². The van der Waals surface area contributed by atoms with Crippen LogP contribution in [-0.4, -0.2) is 16.7 Å². The fourth-order valence-electron chi connectivity index (χ4n) is 2.17. The van der Waals surface area contributed by atoms with Crippen LogP contribution in [0.15, 0.2) is 42.6 Å². The number of benzene rings is 2. The Morgan fingerprint density at radius 2 is 1.83 bits per heavy atom. The fourth-order valence-corrected chi connectivity index (χ4v) is 2.34. The van der Waals surface area contributed by atoms with Crippen LogP contribution < -0.4 is 5.32 Å². The zero-order chi connectivity index (χ0) is 16.6. The molecule has 3 rings (SSSR count). The SMILES string of the molecule is O=C(Nc1ccc(F)c(F)c1)C(=O)c1c[nH]c2cc(Cl)ccc12. The molecule has 0 aliphatic heterocycles. The van der Waals surface area contributed by atoms with E-state index >= 15 is 0 Å². The van der Waals surface area contributed by atoms with Crippen molar-refractivity contribution in [2.45, 2.75) is 0 Å². The second kappa shape index (κ2) is 5.81. The molecule has 23 heavy (non-hydrogen) atoms. The molecule has 4 nitrogen and oxygen atoms in total. The summed E-state index contributed by atoms with van der Waals surface area (Å²) in [6, 6.07) is 7.67. The van der Waals surface area contributed by atoms with Gasteiger partial charge in [0.2, 0.25) is 0 Å². The molecule has 0 spiro atoms. The van der Waals surface area contributed by atoms with Crippen molar-refractivity contribution in [1.29, 1.82) is 0 Å². The first-order valence-electron chi connectivity index (χ1n) is 6.53. The third-order valence-electron chi connectivity index (χ3n) is 3.27. The summed E-state index contributed by atoms with van der Waals surface area (Å²) in [4.78, 5) is 27.1. The molecular weight excluding hydrogens is 326 g/mol. The van der Waals surface area contributed by atoms with Crippen LogP contribution in [0.3, 0.4) is 0 Å². The Morgan fingerprint density at radius 3 is 2.57 bits per heavy atom. The number of H-pyrrole nitrogens is 1. The number of rotatable bonds is 3. The highest BCUT2D eigenvalue weighted by atomic mass is 35.5. The molecule has 0 radical (unpaired) electrons. The summed E-state index contributed by atoms with van der Waals surface area (Å²) in [6.07, 6.45) is 1.40. The van der Waals surface area contributed by atoms with Crippen molar-refractivity contribution in [3.05, 3.63) is 64.8 Å². The van der Waals surface area contributed by atoms with Crippen LogP contribution in [0.1, 0.15) is 10.4 Å². The number of fused-ring (bicyclic) bond motifs is 1. The lowest BCUT2D eigenvalue weighted by molar-refractivity contribution is -0.112. The van der Waals surface area contributed by atoms with Crippen LogP contribution in [0, 0.1) is 11.6 Å². The number of ketones is 1. The average Bonchev–Trinajstić information content (AvgIpc) is 2.93. The van der Waals surface area contributed by atoms with Gasteiger partial charge in [0.1, 0.15) is 0 Å². The van der Waals surface area contributed by atoms with E-state index in [1.165, 1.54) is 12.3 Å². The van der Waals surface area contributed by atoms with Gasteiger partial charge in [0, 0.05) is 33.9 Å². The molecule has 0 unspecified atom stereocenters. The Hall–Kier alpha value is -2.73. The van der Waals surface area contributed by atoms with Crippen LogP contribution in [0.4, 0.5) is 14.5 Å². The fraction of sp³-hybridized carbons (Fsp3) is 0. The van der Waals surface area contributed by atoms with Crippen molar-refractivity contribution in [3.63, 3.8) is 0 Å². The van der Waals surface area contributed by atoms with Crippen LogP contribution in [-0.2, 0) is 4.79 Å². The van der Waals surface area contributed by atoms with Crippen molar-refractivity contribution < 1.29 is 18.4 Å². The summed E-state index contributed by atoms with van der Waals surface area (Å²) in [5.74, 6) is -3.91. The number of hydrogen-bond donors (Lipinski definition) is 2. The predicted molar refractivity (Wildman–Crippen MR) is 82.6 cm³/mol. The lowest BCUT2D eigenvalue weighted by atomic mass is 10.1. The molecule has 3 aromatic rings. The maximum absolute atomic E-state index is 13.1. The number of anilines is 1. The maximum atomic E-state index is 13.1. The van der Waals surface area contributed by atoms with Gasteiger partial charge in [-0.15, -0.1) is 0 Å². The van der Waals surface area contributed by atoms with Crippen LogP contribution in [0.5, 0.6) is 0 Å². The summed E-state index contributed by atoms with van der Waals surface area (Å²) in [7, 11) is 0. The molecule has 0 aliphatic rings. The molecule has 2 aromatic carbocycles. The maximum Gasteiger partial charge on any atom is 0.296 e. The van der Waals surface area contributed by atoms with Gasteiger partial charge in [-0.25, -0.2) is 8.78 Å². The molecule has 0 saturated carbocycles. The van der Waals surface area contributed by atoms with E-state index < -0.39 is 23.3 Å². The molecule has 1 heterocycles. The number of hydrogen-bond acceptors (Lipinski definition) is 2. The first-order valence-corrected chi connectivity index (χ1v) is 6.91. The van der Waals surface area contributed by atoms with E-state index in [0.717, 1.165) is 12.1 Å². The normalized spacial score (nSPS) is 10.7. The minimum atomic E-state index is -1.11. The summed E-state index contributed by atoms with van der Waals surface area (Å²) in [6.45, 7) is 0. The van der Waals surface area contributed by atoms with Gasteiger partial charge in [-0.1, -0.05) is 17.7 Å². The molecular formula is C16H9ClF2N2O2. The number of halogens is 3. The van der Waals surface area contributed by atoms with Crippen molar-refractivity contribution in [2.24, 2.45) is 0 Å². The lowest BCUT2D eigenvalue weighted by Gasteiger charge is -2.04. The Balaban J connectivity index is 1.86. The van der Waals surface area contributed by atoms with Gasteiger partial charge in [-0.05, 0) is 24.3 Å². The number of amides is 1. The number of aromatic nitrogens is 1. The first-order chi connectivity index (χ1) is 11.0. The smallest absolute Gasteiger partial charge is 0.296 e. The van der Waals surface area contributed by atoms with Gasteiger partial charge in [-0.3, -0.25) is 9.59 Å². The average molecular weight is 335 g/mol. The van der Waals surface area contributed by atoms with Crippen LogP contribution in [0.25, 0.3) is 10.9 Å². The van der Waals surface area contributed by atoms with Crippen molar-refractivity contribution in [3.8, 4) is 0 Å². The Morgan fingerprint density at radius 1 is 1.04 bits per heavy atom. The minimum Gasteiger partial charge on any atom is -0.360 e. The van der Waals surface area contributed by atoms with Gasteiger partial charge in [0.25, 0.3) is 11.7 Å². The van der Waals surface area contributed by atoms with E-state index in [0.29, 0.717) is 15.9 Å². The predicted octanol–water partition coefficient (Wildman–Crippen LogP) is 3.92. The molecule has 2 N–H and O–H groups in total. The number of Topliss-reactive ketones (excluding diaryl/α,β-unsaturated/α-hetero) is 1. The Bertz CT molecular complexity index is 937. The van der Waals surface area contributed by atoms with Gasteiger partial charge < -0.3 is 10.3 Å². The third-order valence-corrected chi connectivity index (χ3v) is 3.51. The molecule has 0 atom stereocenters.